The van der Waals surface area contributed by atoms with Crippen LogP contribution in [0, 0.1) is 13.8 Å². The topological polar surface area (TPSA) is 43.7 Å². The lowest BCUT2D eigenvalue weighted by molar-refractivity contribution is 0.0651. The van der Waals surface area contributed by atoms with E-state index in [4.69, 9.17) is 9.47 Å². The van der Waals surface area contributed by atoms with E-state index >= 15 is 0 Å². The first-order chi connectivity index (χ1) is 12.4. The molecule has 1 aromatic heterocycles. The molecule has 2 aromatic rings. The van der Waals surface area contributed by atoms with Crippen LogP contribution in [0.25, 0.3) is 5.69 Å². The smallest absolute Gasteiger partial charge is 0.256 e. The third-order valence-electron chi connectivity index (χ3n) is 5.59. The van der Waals surface area contributed by atoms with E-state index in [0.29, 0.717) is 13.2 Å². The molecule has 5 heteroatoms. The highest BCUT2D eigenvalue weighted by molar-refractivity contribution is 5.96. The van der Waals surface area contributed by atoms with E-state index in [9.17, 15) is 4.79 Å². The third-order valence-corrected chi connectivity index (χ3v) is 5.59. The SMILES string of the molecule is Cc1cc(C(=O)N2CCCC2(C)C)c(C)n1-c1ccc2c(c1)OCCO2. The second kappa shape index (κ2) is 6.08. The highest BCUT2D eigenvalue weighted by atomic mass is 16.6. The van der Waals surface area contributed by atoms with E-state index in [0.717, 1.165) is 53.5 Å². The van der Waals surface area contributed by atoms with Crippen molar-refractivity contribution in [2.75, 3.05) is 19.8 Å². The number of fused-ring (bicyclic) bond motifs is 1. The Kier molecular flexibility index (Phi) is 3.98. The van der Waals surface area contributed by atoms with Crippen LogP contribution < -0.4 is 9.47 Å². The minimum atomic E-state index is -0.0729. The molecular weight excluding hydrogens is 328 g/mol. The highest BCUT2D eigenvalue weighted by Gasteiger charge is 2.37. The van der Waals surface area contributed by atoms with Crippen LogP contribution in [-0.4, -0.2) is 40.7 Å². The predicted molar refractivity (Wildman–Crippen MR) is 101 cm³/mol. The van der Waals surface area contributed by atoms with Crippen LogP contribution in [0.1, 0.15) is 48.4 Å². The molecule has 0 bridgehead atoms. The number of amides is 1. The van der Waals surface area contributed by atoms with Crippen molar-refractivity contribution in [3.63, 3.8) is 0 Å². The standard InChI is InChI=1S/C21H26N2O3/c1-14-12-17(20(24)22-9-5-8-21(22,3)4)15(2)23(14)16-6-7-18-19(13-16)26-11-10-25-18/h6-7,12-13H,5,8-11H2,1-4H3. The average molecular weight is 354 g/mol. The molecule has 1 amide bonds. The van der Waals surface area contributed by atoms with E-state index < -0.39 is 0 Å². The van der Waals surface area contributed by atoms with Gasteiger partial charge in [0.2, 0.25) is 0 Å². The van der Waals surface area contributed by atoms with Crippen LogP contribution in [-0.2, 0) is 0 Å². The number of rotatable bonds is 2. The summed E-state index contributed by atoms with van der Waals surface area (Å²) in [6, 6.07) is 7.95. The van der Waals surface area contributed by atoms with Gasteiger partial charge in [0.25, 0.3) is 5.91 Å². The molecule has 0 saturated carbocycles. The van der Waals surface area contributed by atoms with Gasteiger partial charge in [0.05, 0.1) is 5.56 Å². The molecule has 0 unspecified atom stereocenters. The lowest BCUT2D eigenvalue weighted by Crippen LogP contribution is -2.42. The summed E-state index contributed by atoms with van der Waals surface area (Å²) in [5.74, 6) is 1.66. The van der Waals surface area contributed by atoms with Crippen LogP contribution in [0.2, 0.25) is 0 Å². The van der Waals surface area contributed by atoms with Crippen molar-refractivity contribution in [3.8, 4) is 17.2 Å². The number of carbonyl (C=O) groups is 1. The monoisotopic (exact) mass is 354 g/mol. The summed E-state index contributed by atoms with van der Waals surface area (Å²) in [6.07, 6.45) is 2.12. The second-order valence-corrected chi connectivity index (χ2v) is 7.82. The fraction of sp³-hybridized carbons (Fsp3) is 0.476. The van der Waals surface area contributed by atoms with Gasteiger partial charge in [0, 0.05) is 35.2 Å². The largest absolute Gasteiger partial charge is 0.486 e. The zero-order valence-corrected chi connectivity index (χ0v) is 16.0. The first-order valence-electron chi connectivity index (χ1n) is 9.29. The van der Waals surface area contributed by atoms with Gasteiger partial charge in [0.1, 0.15) is 13.2 Å². The summed E-state index contributed by atoms with van der Waals surface area (Å²) in [5, 5.41) is 0. The zero-order chi connectivity index (χ0) is 18.5. The first-order valence-corrected chi connectivity index (χ1v) is 9.29. The Bertz CT molecular complexity index is 866. The molecule has 2 aliphatic rings. The van der Waals surface area contributed by atoms with Gasteiger partial charge in [-0.05, 0) is 58.7 Å². The molecule has 0 radical (unpaired) electrons. The van der Waals surface area contributed by atoms with Crippen molar-refractivity contribution in [1.82, 2.24) is 9.47 Å². The van der Waals surface area contributed by atoms with Crippen LogP contribution >= 0.6 is 0 Å². The van der Waals surface area contributed by atoms with Gasteiger partial charge in [-0.15, -0.1) is 0 Å². The molecule has 138 valence electrons. The Balaban J connectivity index is 1.72. The van der Waals surface area contributed by atoms with Crippen molar-refractivity contribution in [3.05, 3.63) is 41.2 Å². The maximum Gasteiger partial charge on any atom is 0.256 e. The van der Waals surface area contributed by atoms with Crippen molar-refractivity contribution >= 4 is 5.91 Å². The van der Waals surface area contributed by atoms with E-state index in [1.807, 2.05) is 43.0 Å². The quantitative estimate of drug-likeness (QED) is 0.822. The van der Waals surface area contributed by atoms with Crippen LogP contribution in [0.3, 0.4) is 0 Å². The highest BCUT2D eigenvalue weighted by Crippen LogP contribution is 2.35. The van der Waals surface area contributed by atoms with Crippen molar-refractivity contribution < 1.29 is 14.3 Å². The average Bonchev–Trinajstić information content (AvgIpc) is 3.12. The molecule has 0 atom stereocenters. The number of aromatic nitrogens is 1. The number of benzene rings is 1. The third kappa shape index (κ3) is 2.66. The van der Waals surface area contributed by atoms with Crippen molar-refractivity contribution in [1.29, 1.82) is 0 Å². The minimum absolute atomic E-state index is 0.0729. The van der Waals surface area contributed by atoms with E-state index in [1.54, 1.807) is 0 Å². The minimum Gasteiger partial charge on any atom is -0.486 e. The molecule has 1 fully saturated rings. The molecule has 4 rings (SSSR count). The number of hydrogen-bond acceptors (Lipinski definition) is 3. The summed E-state index contributed by atoms with van der Waals surface area (Å²) in [6.45, 7) is 10.3. The van der Waals surface area contributed by atoms with E-state index in [2.05, 4.69) is 18.4 Å². The fourth-order valence-electron chi connectivity index (χ4n) is 4.18. The second-order valence-electron chi connectivity index (χ2n) is 7.82. The Hall–Kier alpha value is -2.43. The van der Waals surface area contributed by atoms with Gasteiger partial charge >= 0.3 is 0 Å². The predicted octanol–water partition coefficient (Wildman–Crippen LogP) is 3.88. The van der Waals surface area contributed by atoms with E-state index in [-0.39, 0.29) is 11.4 Å². The molecule has 0 N–H and O–H groups in total. The summed E-state index contributed by atoms with van der Waals surface area (Å²) < 4.78 is 13.4. The number of hydrogen-bond donors (Lipinski definition) is 0. The Morgan fingerprint density at radius 2 is 1.81 bits per heavy atom. The summed E-state index contributed by atoms with van der Waals surface area (Å²) >= 11 is 0. The fourth-order valence-corrected chi connectivity index (χ4v) is 4.18. The number of likely N-dealkylation sites (tertiary alicyclic amines) is 1. The molecule has 1 aromatic carbocycles. The lowest BCUT2D eigenvalue weighted by Gasteiger charge is -2.31. The number of carbonyl (C=O) groups excluding carboxylic acids is 1. The molecule has 1 saturated heterocycles. The molecule has 3 heterocycles. The van der Waals surface area contributed by atoms with Crippen LogP contribution in [0.15, 0.2) is 24.3 Å². The van der Waals surface area contributed by atoms with Crippen LogP contribution in [0.5, 0.6) is 11.5 Å². The zero-order valence-electron chi connectivity index (χ0n) is 16.0. The Morgan fingerprint density at radius 3 is 2.50 bits per heavy atom. The maximum absolute atomic E-state index is 13.2. The van der Waals surface area contributed by atoms with Gasteiger partial charge in [0.15, 0.2) is 11.5 Å². The Morgan fingerprint density at radius 1 is 1.08 bits per heavy atom. The molecule has 5 nitrogen and oxygen atoms in total. The normalized spacial score (nSPS) is 18.2. The molecule has 0 aliphatic carbocycles. The maximum atomic E-state index is 13.2. The Labute approximate surface area is 154 Å². The van der Waals surface area contributed by atoms with Crippen molar-refractivity contribution in [2.45, 2.75) is 46.1 Å². The summed E-state index contributed by atoms with van der Waals surface area (Å²) in [5.41, 5.74) is 3.71. The number of ether oxygens (including phenoxy) is 2. The molecular formula is C21H26N2O3. The molecule has 0 spiro atoms. The van der Waals surface area contributed by atoms with Gasteiger partial charge < -0.3 is 18.9 Å². The van der Waals surface area contributed by atoms with Gasteiger partial charge in [-0.1, -0.05) is 0 Å². The first kappa shape index (κ1) is 17.0. The lowest BCUT2D eigenvalue weighted by atomic mass is 10.0. The molecule has 2 aliphatic heterocycles. The van der Waals surface area contributed by atoms with Gasteiger partial charge in [-0.2, -0.15) is 0 Å². The molecule has 26 heavy (non-hydrogen) atoms. The number of aryl methyl sites for hydroxylation is 1. The van der Waals surface area contributed by atoms with Gasteiger partial charge in [-0.25, -0.2) is 0 Å². The summed E-state index contributed by atoms with van der Waals surface area (Å²) in [4.78, 5) is 15.2. The summed E-state index contributed by atoms with van der Waals surface area (Å²) in [7, 11) is 0. The number of nitrogens with zero attached hydrogens (tertiary/aromatic N) is 2. The van der Waals surface area contributed by atoms with Crippen molar-refractivity contribution in [2.24, 2.45) is 0 Å². The van der Waals surface area contributed by atoms with Gasteiger partial charge in [-0.3, -0.25) is 4.79 Å². The van der Waals surface area contributed by atoms with Crippen LogP contribution in [0.4, 0.5) is 0 Å². The van der Waals surface area contributed by atoms with E-state index in [1.165, 1.54) is 0 Å².